The number of ether oxygens (including phenoxy) is 1. The quantitative estimate of drug-likeness (QED) is 0.519. The molecule has 0 fully saturated rings. The Kier molecular flexibility index (Phi) is 3.12. The number of hydrogen-bond donors (Lipinski definition) is 0. The largest absolute Gasteiger partial charge is 0.438 e. The third-order valence-electron chi connectivity index (χ3n) is 4.08. The molecule has 0 radical (unpaired) electrons. The molecule has 0 saturated heterocycles. The van der Waals surface area contributed by atoms with Crippen LogP contribution in [0.3, 0.4) is 0 Å². The van der Waals surface area contributed by atoms with E-state index in [4.69, 9.17) is 4.74 Å². The van der Waals surface area contributed by atoms with Gasteiger partial charge in [0.25, 0.3) is 0 Å². The Morgan fingerprint density at radius 1 is 0.957 bits per heavy atom. The summed E-state index contributed by atoms with van der Waals surface area (Å²) in [4.78, 5) is 14.6. The van der Waals surface area contributed by atoms with Crippen molar-refractivity contribution in [1.82, 2.24) is 0 Å². The summed E-state index contributed by atoms with van der Waals surface area (Å²) in [5.74, 6) is 1.26. The lowest BCUT2D eigenvalue weighted by molar-refractivity contribution is 0.104. The Balaban J connectivity index is 1.73. The van der Waals surface area contributed by atoms with Crippen molar-refractivity contribution in [2.45, 2.75) is 0 Å². The Hall–Kier alpha value is -3.07. The van der Waals surface area contributed by atoms with Crippen LogP contribution in [0.1, 0.15) is 10.4 Å². The molecule has 1 heterocycles. The molecule has 0 N–H and O–H groups in total. The van der Waals surface area contributed by atoms with E-state index in [1.165, 1.54) is 0 Å². The van der Waals surface area contributed by atoms with Gasteiger partial charge in [-0.3, -0.25) is 4.79 Å². The summed E-state index contributed by atoms with van der Waals surface area (Å²) in [6, 6.07) is 21.4. The minimum atomic E-state index is -0.0588. The first-order chi connectivity index (χ1) is 11.2. The molecule has 0 spiro atoms. The summed E-state index contributed by atoms with van der Waals surface area (Å²) in [5.41, 5.74) is 1.65. The van der Waals surface area contributed by atoms with Crippen LogP contribution in [0.2, 0.25) is 0 Å². The summed E-state index contributed by atoms with van der Waals surface area (Å²) < 4.78 is 5.79. The molecule has 3 aromatic rings. The third kappa shape index (κ3) is 2.27. The standard InChI is InChI=1S/C20H15NO2/c1-21-17-11-4-5-12-19(17)23-20(21)13-18(22)16-10-6-8-14-7-2-3-9-15(14)16/h2-13H,1H3/b20-13+. The number of anilines is 1. The zero-order valence-corrected chi connectivity index (χ0v) is 12.7. The van der Waals surface area contributed by atoms with E-state index in [1.807, 2.05) is 78.7 Å². The lowest BCUT2D eigenvalue weighted by Gasteiger charge is -2.11. The van der Waals surface area contributed by atoms with Crippen molar-refractivity contribution in [1.29, 1.82) is 0 Å². The number of nitrogens with zero attached hydrogens (tertiary/aromatic N) is 1. The van der Waals surface area contributed by atoms with E-state index in [9.17, 15) is 4.79 Å². The second-order valence-electron chi connectivity index (χ2n) is 5.50. The topological polar surface area (TPSA) is 29.5 Å². The molecule has 1 aliphatic heterocycles. The maximum atomic E-state index is 12.7. The minimum absolute atomic E-state index is 0.0588. The van der Waals surface area contributed by atoms with Gasteiger partial charge in [0.05, 0.1) is 5.69 Å². The van der Waals surface area contributed by atoms with Gasteiger partial charge in [0.1, 0.15) is 0 Å². The molecule has 3 heteroatoms. The van der Waals surface area contributed by atoms with Crippen molar-refractivity contribution in [3.05, 3.63) is 84.3 Å². The highest BCUT2D eigenvalue weighted by atomic mass is 16.5. The van der Waals surface area contributed by atoms with Gasteiger partial charge in [-0.15, -0.1) is 0 Å². The fourth-order valence-corrected chi connectivity index (χ4v) is 2.88. The molecular weight excluding hydrogens is 286 g/mol. The van der Waals surface area contributed by atoms with Crippen LogP contribution >= 0.6 is 0 Å². The molecule has 3 nitrogen and oxygen atoms in total. The second kappa shape index (κ2) is 5.29. The first kappa shape index (κ1) is 13.6. The highest BCUT2D eigenvalue weighted by Gasteiger charge is 2.23. The molecule has 0 amide bonds. The third-order valence-corrected chi connectivity index (χ3v) is 4.08. The highest BCUT2D eigenvalue weighted by Crippen LogP contribution is 2.37. The molecule has 4 rings (SSSR count). The number of rotatable bonds is 2. The fourth-order valence-electron chi connectivity index (χ4n) is 2.88. The summed E-state index contributed by atoms with van der Waals surface area (Å²) in [7, 11) is 1.90. The van der Waals surface area contributed by atoms with E-state index in [2.05, 4.69) is 0 Å². The molecule has 0 unspecified atom stereocenters. The summed E-state index contributed by atoms with van der Waals surface area (Å²) in [6.45, 7) is 0. The molecule has 1 aliphatic rings. The summed E-state index contributed by atoms with van der Waals surface area (Å²) in [6.07, 6.45) is 1.56. The average Bonchev–Trinajstić information content (AvgIpc) is 2.90. The Morgan fingerprint density at radius 3 is 2.57 bits per heavy atom. The van der Waals surface area contributed by atoms with E-state index in [0.717, 1.165) is 22.2 Å². The van der Waals surface area contributed by atoms with Gasteiger partial charge in [0.2, 0.25) is 5.88 Å². The Bertz CT molecular complexity index is 938. The van der Waals surface area contributed by atoms with Gasteiger partial charge >= 0.3 is 0 Å². The summed E-state index contributed by atoms with van der Waals surface area (Å²) in [5, 5.41) is 2.01. The van der Waals surface area contributed by atoms with E-state index in [-0.39, 0.29) is 5.78 Å². The van der Waals surface area contributed by atoms with Gasteiger partial charge in [-0.25, -0.2) is 0 Å². The molecule has 0 bridgehead atoms. The van der Waals surface area contributed by atoms with Gasteiger partial charge in [-0.05, 0) is 22.9 Å². The Labute approximate surface area is 134 Å². The van der Waals surface area contributed by atoms with Crippen LogP contribution in [-0.2, 0) is 0 Å². The van der Waals surface area contributed by atoms with Crippen molar-refractivity contribution in [3.8, 4) is 5.75 Å². The average molecular weight is 301 g/mol. The van der Waals surface area contributed by atoms with Gasteiger partial charge in [-0.1, -0.05) is 54.6 Å². The smallest absolute Gasteiger partial charge is 0.204 e. The number of fused-ring (bicyclic) bond motifs is 2. The van der Waals surface area contributed by atoms with Crippen LogP contribution in [-0.4, -0.2) is 12.8 Å². The van der Waals surface area contributed by atoms with Gasteiger partial charge in [-0.2, -0.15) is 0 Å². The van der Waals surface area contributed by atoms with Crippen LogP contribution < -0.4 is 9.64 Å². The van der Waals surface area contributed by atoms with Crippen LogP contribution in [0.25, 0.3) is 10.8 Å². The van der Waals surface area contributed by atoms with Crippen LogP contribution in [0.4, 0.5) is 5.69 Å². The maximum Gasteiger partial charge on any atom is 0.204 e. The summed E-state index contributed by atoms with van der Waals surface area (Å²) >= 11 is 0. The van der Waals surface area contributed by atoms with Crippen molar-refractivity contribution in [3.63, 3.8) is 0 Å². The number of carbonyl (C=O) groups is 1. The van der Waals surface area contributed by atoms with Crippen molar-refractivity contribution < 1.29 is 9.53 Å². The predicted octanol–water partition coefficient (Wildman–Crippen LogP) is 4.39. The maximum absolute atomic E-state index is 12.7. The lowest BCUT2D eigenvalue weighted by Crippen LogP contribution is -2.15. The first-order valence-corrected chi connectivity index (χ1v) is 7.48. The van der Waals surface area contributed by atoms with Crippen molar-refractivity contribution >= 4 is 22.2 Å². The first-order valence-electron chi connectivity index (χ1n) is 7.48. The molecule has 0 atom stereocenters. The van der Waals surface area contributed by atoms with E-state index >= 15 is 0 Å². The molecule has 0 saturated carbocycles. The van der Waals surface area contributed by atoms with E-state index in [0.29, 0.717) is 11.4 Å². The van der Waals surface area contributed by atoms with Crippen LogP contribution in [0, 0.1) is 0 Å². The van der Waals surface area contributed by atoms with Crippen LogP contribution in [0.15, 0.2) is 78.7 Å². The molecule has 3 aromatic carbocycles. The molecule has 0 aliphatic carbocycles. The zero-order chi connectivity index (χ0) is 15.8. The number of carbonyl (C=O) groups excluding carboxylic acids is 1. The number of benzene rings is 3. The zero-order valence-electron chi connectivity index (χ0n) is 12.7. The molecule has 0 aromatic heterocycles. The lowest BCUT2D eigenvalue weighted by atomic mass is 10.0. The minimum Gasteiger partial charge on any atom is -0.438 e. The predicted molar refractivity (Wildman–Crippen MR) is 91.8 cm³/mol. The molecule has 23 heavy (non-hydrogen) atoms. The SMILES string of the molecule is CN1/C(=C\C(=O)c2cccc3ccccc23)Oc2ccccc21. The van der Waals surface area contributed by atoms with E-state index in [1.54, 1.807) is 6.08 Å². The molecule has 112 valence electrons. The highest BCUT2D eigenvalue weighted by molar-refractivity contribution is 6.13. The number of hydrogen-bond acceptors (Lipinski definition) is 3. The van der Waals surface area contributed by atoms with Gasteiger partial charge < -0.3 is 9.64 Å². The van der Waals surface area contributed by atoms with Gasteiger partial charge in [0, 0.05) is 18.7 Å². The van der Waals surface area contributed by atoms with Crippen molar-refractivity contribution in [2.24, 2.45) is 0 Å². The number of allylic oxidation sites excluding steroid dienone is 1. The van der Waals surface area contributed by atoms with E-state index < -0.39 is 0 Å². The number of para-hydroxylation sites is 2. The normalized spacial score (nSPS) is 14.8. The number of ketones is 1. The Morgan fingerprint density at radius 2 is 1.70 bits per heavy atom. The fraction of sp³-hybridized carbons (Fsp3) is 0.0500. The van der Waals surface area contributed by atoms with Crippen LogP contribution in [0.5, 0.6) is 5.75 Å². The van der Waals surface area contributed by atoms with Gasteiger partial charge in [0.15, 0.2) is 11.5 Å². The second-order valence-corrected chi connectivity index (χ2v) is 5.50. The monoisotopic (exact) mass is 301 g/mol. The van der Waals surface area contributed by atoms with Crippen molar-refractivity contribution in [2.75, 3.05) is 11.9 Å². The molecular formula is C20H15NO2.